The Morgan fingerprint density at radius 3 is 2.45 bits per heavy atom. The summed E-state index contributed by atoms with van der Waals surface area (Å²) in [6, 6.07) is 0.293. The van der Waals surface area contributed by atoms with Crippen LogP contribution >= 0.6 is 0 Å². The van der Waals surface area contributed by atoms with Gasteiger partial charge in [-0.3, -0.25) is 9.36 Å². The van der Waals surface area contributed by atoms with Gasteiger partial charge in [0.2, 0.25) is 5.91 Å². The van der Waals surface area contributed by atoms with Crippen LogP contribution in [0.3, 0.4) is 0 Å². The third-order valence-corrected chi connectivity index (χ3v) is 6.65. The number of nitrogens with zero attached hydrogens (tertiary/aromatic N) is 5. The number of rotatable bonds is 5. The lowest BCUT2D eigenvalue weighted by molar-refractivity contribution is -0.132. The van der Waals surface area contributed by atoms with E-state index in [1.165, 1.54) is 17.5 Å². The fraction of sp³-hybridized carbons (Fsp3) is 0.714. The molecule has 2 aliphatic rings. The number of aromatic nitrogens is 4. The molecule has 3 heterocycles. The van der Waals surface area contributed by atoms with Crippen LogP contribution < -0.4 is 5.69 Å². The van der Waals surface area contributed by atoms with E-state index in [4.69, 9.17) is 4.52 Å². The molecule has 2 fully saturated rings. The van der Waals surface area contributed by atoms with Gasteiger partial charge in [0.1, 0.15) is 11.6 Å². The number of amides is 1. The first-order valence-corrected chi connectivity index (χ1v) is 10.8. The zero-order valence-electron chi connectivity index (χ0n) is 17.7. The maximum absolute atomic E-state index is 12.7. The number of carbonyl (C=O) groups excluding carboxylic acids is 1. The average molecular weight is 402 g/mol. The van der Waals surface area contributed by atoms with Crippen LogP contribution in [0.1, 0.15) is 79.7 Å². The predicted octanol–water partition coefficient (Wildman–Crippen LogP) is 2.64. The van der Waals surface area contributed by atoms with E-state index in [1.54, 1.807) is 7.05 Å². The van der Waals surface area contributed by atoms with E-state index < -0.39 is 0 Å². The molecule has 1 aliphatic carbocycles. The summed E-state index contributed by atoms with van der Waals surface area (Å²) in [6.45, 7) is 5.25. The monoisotopic (exact) mass is 401 g/mol. The first-order chi connectivity index (χ1) is 14.0. The van der Waals surface area contributed by atoms with Crippen LogP contribution in [-0.2, 0) is 18.3 Å². The van der Waals surface area contributed by atoms with Crippen molar-refractivity contribution in [3.8, 4) is 0 Å². The highest BCUT2D eigenvalue weighted by molar-refractivity contribution is 5.76. The fourth-order valence-electron chi connectivity index (χ4n) is 4.92. The first kappa shape index (κ1) is 19.9. The molecule has 0 N–H and O–H groups in total. The molecule has 0 spiro atoms. The molecule has 158 valence electrons. The number of hydrogen-bond donors (Lipinski definition) is 0. The van der Waals surface area contributed by atoms with E-state index in [9.17, 15) is 9.59 Å². The summed E-state index contributed by atoms with van der Waals surface area (Å²) in [6.07, 6.45) is 7.37. The Morgan fingerprint density at radius 2 is 1.83 bits per heavy atom. The quantitative estimate of drug-likeness (QED) is 0.769. The van der Waals surface area contributed by atoms with Gasteiger partial charge in [-0.25, -0.2) is 9.48 Å². The lowest BCUT2D eigenvalue weighted by Gasteiger charge is -2.32. The van der Waals surface area contributed by atoms with E-state index in [1.807, 2.05) is 23.3 Å². The summed E-state index contributed by atoms with van der Waals surface area (Å²) in [5, 5.41) is 8.55. The van der Waals surface area contributed by atoms with Crippen molar-refractivity contribution in [2.24, 2.45) is 7.05 Å². The van der Waals surface area contributed by atoms with E-state index in [2.05, 4.69) is 10.3 Å². The van der Waals surface area contributed by atoms with E-state index in [0.29, 0.717) is 18.9 Å². The molecule has 1 amide bonds. The molecule has 1 saturated carbocycles. The van der Waals surface area contributed by atoms with Crippen LogP contribution in [0.4, 0.5) is 0 Å². The standard InChI is InChI=1S/C21H31N5O3/c1-14-18(15(2)29-23-14)8-9-19(27)25-12-10-16(11-13-25)20-22-24(3)21(28)26(20)17-6-4-5-7-17/h16-17H,4-13H2,1-3H3. The smallest absolute Gasteiger partial charge is 0.345 e. The molecule has 29 heavy (non-hydrogen) atoms. The second kappa shape index (κ2) is 8.16. The number of hydrogen-bond acceptors (Lipinski definition) is 5. The van der Waals surface area contributed by atoms with Crippen LogP contribution in [0.25, 0.3) is 0 Å². The number of piperidine rings is 1. The van der Waals surface area contributed by atoms with Crippen molar-refractivity contribution in [3.63, 3.8) is 0 Å². The van der Waals surface area contributed by atoms with Gasteiger partial charge in [0, 0.05) is 44.1 Å². The minimum absolute atomic E-state index is 0.00451. The predicted molar refractivity (Wildman–Crippen MR) is 108 cm³/mol. The van der Waals surface area contributed by atoms with E-state index in [0.717, 1.165) is 61.6 Å². The first-order valence-electron chi connectivity index (χ1n) is 10.8. The van der Waals surface area contributed by atoms with Crippen LogP contribution in [0.2, 0.25) is 0 Å². The Morgan fingerprint density at radius 1 is 1.14 bits per heavy atom. The van der Waals surface area contributed by atoms with Gasteiger partial charge >= 0.3 is 5.69 Å². The molecule has 8 heteroatoms. The van der Waals surface area contributed by atoms with E-state index in [-0.39, 0.29) is 17.5 Å². The summed E-state index contributed by atoms with van der Waals surface area (Å²) in [5.74, 6) is 2.15. The summed E-state index contributed by atoms with van der Waals surface area (Å²) in [4.78, 5) is 27.3. The second-order valence-corrected chi connectivity index (χ2v) is 8.53. The molecule has 0 bridgehead atoms. The van der Waals surface area contributed by atoms with E-state index >= 15 is 0 Å². The topological polar surface area (TPSA) is 86.2 Å². The maximum atomic E-state index is 12.7. The second-order valence-electron chi connectivity index (χ2n) is 8.53. The summed E-state index contributed by atoms with van der Waals surface area (Å²) < 4.78 is 8.62. The van der Waals surface area contributed by atoms with Crippen molar-refractivity contribution in [2.45, 2.75) is 77.2 Å². The van der Waals surface area contributed by atoms with Crippen molar-refractivity contribution in [1.29, 1.82) is 0 Å². The molecule has 4 rings (SSSR count). The van der Waals surface area contributed by atoms with Gasteiger partial charge < -0.3 is 9.42 Å². The van der Waals surface area contributed by atoms with Gasteiger partial charge in [0.05, 0.1) is 5.69 Å². The zero-order valence-corrected chi connectivity index (χ0v) is 17.7. The van der Waals surface area contributed by atoms with Crippen LogP contribution in [-0.4, -0.2) is 43.4 Å². The molecule has 0 unspecified atom stereocenters. The Hall–Kier alpha value is -2.38. The Balaban J connectivity index is 1.38. The molecule has 1 aliphatic heterocycles. The lowest BCUT2D eigenvalue weighted by Crippen LogP contribution is -2.39. The average Bonchev–Trinajstić information content (AvgIpc) is 3.42. The zero-order chi connectivity index (χ0) is 20.5. The van der Waals surface area contributed by atoms with Crippen LogP contribution in [0, 0.1) is 13.8 Å². The SMILES string of the molecule is Cc1noc(C)c1CCC(=O)N1CCC(c2nn(C)c(=O)n2C2CCCC2)CC1. The van der Waals surface area contributed by atoms with Gasteiger partial charge in [0.15, 0.2) is 0 Å². The third kappa shape index (κ3) is 3.89. The number of aryl methyl sites for hydroxylation is 3. The van der Waals surface area contributed by atoms with Gasteiger partial charge in [-0.15, -0.1) is 0 Å². The van der Waals surface area contributed by atoms with Crippen molar-refractivity contribution in [1.82, 2.24) is 24.4 Å². The Labute approximate surface area is 170 Å². The fourth-order valence-corrected chi connectivity index (χ4v) is 4.92. The number of carbonyl (C=O) groups is 1. The molecular formula is C21H31N5O3. The molecule has 8 nitrogen and oxygen atoms in total. The molecule has 0 radical (unpaired) electrons. The largest absolute Gasteiger partial charge is 0.361 e. The van der Waals surface area contributed by atoms with Crippen molar-refractivity contribution >= 4 is 5.91 Å². The lowest BCUT2D eigenvalue weighted by atomic mass is 9.95. The van der Waals surface area contributed by atoms with Crippen molar-refractivity contribution in [2.75, 3.05) is 13.1 Å². The molecule has 0 aromatic carbocycles. The number of likely N-dealkylation sites (tertiary alicyclic amines) is 1. The summed E-state index contributed by atoms with van der Waals surface area (Å²) >= 11 is 0. The Bertz CT molecular complexity index is 907. The highest BCUT2D eigenvalue weighted by Gasteiger charge is 2.31. The third-order valence-electron chi connectivity index (χ3n) is 6.65. The van der Waals surface area contributed by atoms with Crippen molar-refractivity contribution < 1.29 is 9.32 Å². The van der Waals surface area contributed by atoms with Crippen LogP contribution in [0.5, 0.6) is 0 Å². The van der Waals surface area contributed by atoms with Gasteiger partial charge in [-0.1, -0.05) is 18.0 Å². The van der Waals surface area contributed by atoms with Gasteiger partial charge in [-0.05, 0) is 46.0 Å². The maximum Gasteiger partial charge on any atom is 0.345 e. The molecule has 1 saturated heterocycles. The molecular weight excluding hydrogens is 370 g/mol. The summed E-state index contributed by atoms with van der Waals surface area (Å²) in [5.41, 5.74) is 1.92. The van der Waals surface area contributed by atoms with Crippen LogP contribution in [0.15, 0.2) is 9.32 Å². The highest BCUT2D eigenvalue weighted by atomic mass is 16.5. The normalized spacial score (nSPS) is 18.7. The highest BCUT2D eigenvalue weighted by Crippen LogP contribution is 2.33. The summed E-state index contributed by atoms with van der Waals surface area (Å²) in [7, 11) is 1.74. The molecule has 2 aromatic heterocycles. The molecule has 2 aromatic rings. The van der Waals surface area contributed by atoms with Crippen molar-refractivity contribution in [3.05, 3.63) is 33.3 Å². The minimum atomic E-state index is 0.00451. The van der Waals surface area contributed by atoms with Gasteiger partial charge in [0.25, 0.3) is 0 Å². The van der Waals surface area contributed by atoms with Gasteiger partial charge in [-0.2, -0.15) is 5.10 Å². The molecule has 0 atom stereocenters. The minimum Gasteiger partial charge on any atom is -0.361 e. The Kier molecular flexibility index (Phi) is 5.61.